The van der Waals surface area contributed by atoms with Gasteiger partial charge in [-0.15, -0.1) is 0 Å². The van der Waals surface area contributed by atoms with Crippen LogP contribution in [0.25, 0.3) is 0 Å². The monoisotopic (exact) mass is 164 g/mol. The Morgan fingerprint density at radius 1 is 1.67 bits per heavy atom. The molecule has 0 bridgehead atoms. The van der Waals surface area contributed by atoms with Crippen LogP contribution in [0.15, 0.2) is 23.3 Å². The summed E-state index contributed by atoms with van der Waals surface area (Å²) >= 11 is 0. The molecule has 2 nitrogen and oxygen atoms in total. The Morgan fingerprint density at radius 3 is 2.83 bits per heavy atom. The van der Waals surface area contributed by atoms with Crippen LogP contribution >= 0.6 is 0 Å². The molecule has 0 spiro atoms. The van der Waals surface area contributed by atoms with E-state index in [9.17, 15) is 9.90 Å². The van der Waals surface area contributed by atoms with Crippen molar-refractivity contribution in [2.45, 2.75) is 26.4 Å². The molecule has 0 fully saturated rings. The molecule has 2 aliphatic carbocycles. The molecule has 2 rings (SSSR count). The molecule has 2 unspecified atom stereocenters. The zero-order chi connectivity index (χ0) is 8.93. The van der Waals surface area contributed by atoms with Crippen molar-refractivity contribution in [3.63, 3.8) is 0 Å². The van der Waals surface area contributed by atoms with Crippen LogP contribution < -0.4 is 0 Å². The molecule has 0 saturated carbocycles. The minimum Gasteiger partial charge on any atom is -0.385 e. The number of aliphatic hydroxyl groups excluding tert-OH is 1. The van der Waals surface area contributed by atoms with Crippen molar-refractivity contribution >= 4 is 5.78 Å². The molecule has 0 saturated heterocycles. The number of carbonyl (C=O) groups excluding carboxylic acids is 1. The zero-order valence-electron chi connectivity index (χ0n) is 7.29. The van der Waals surface area contributed by atoms with Crippen LogP contribution in [0.2, 0.25) is 0 Å². The lowest BCUT2D eigenvalue weighted by molar-refractivity contribution is -0.125. The molecular formula is C10H12O2. The largest absolute Gasteiger partial charge is 0.385 e. The van der Waals surface area contributed by atoms with Gasteiger partial charge in [0.05, 0.1) is 0 Å². The van der Waals surface area contributed by atoms with E-state index in [1.807, 2.05) is 6.08 Å². The molecule has 12 heavy (non-hydrogen) atoms. The Morgan fingerprint density at radius 2 is 2.33 bits per heavy atom. The summed E-state index contributed by atoms with van der Waals surface area (Å²) in [5, 5.41) is 9.42. The summed E-state index contributed by atoms with van der Waals surface area (Å²) < 4.78 is 0. The van der Waals surface area contributed by atoms with E-state index >= 15 is 0 Å². The quantitative estimate of drug-likeness (QED) is 0.584. The first-order valence-electron chi connectivity index (χ1n) is 4.17. The van der Waals surface area contributed by atoms with Gasteiger partial charge >= 0.3 is 0 Å². The summed E-state index contributed by atoms with van der Waals surface area (Å²) in [6.07, 6.45) is 3.79. The van der Waals surface area contributed by atoms with E-state index in [1.165, 1.54) is 0 Å². The highest BCUT2D eigenvalue weighted by atomic mass is 16.3. The second-order valence-electron chi connectivity index (χ2n) is 3.87. The lowest BCUT2D eigenvalue weighted by Gasteiger charge is -2.41. The molecule has 2 heteroatoms. The normalized spacial score (nSPS) is 39.6. The highest BCUT2D eigenvalue weighted by Crippen LogP contribution is 2.47. The van der Waals surface area contributed by atoms with Crippen molar-refractivity contribution in [1.29, 1.82) is 0 Å². The maximum atomic E-state index is 11.3. The van der Waals surface area contributed by atoms with Crippen LogP contribution in [0.3, 0.4) is 0 Å². The van der Waals surface area contributed by atoms with E-state index in [4.69, 9.17) is 0 Å². The summed E-state index contributed by atoms with van der Waals surface area (Å²) in [5.41, 5.74) is 1.81. The third-order valence-corrected chi connectivity index (χ3v) is 2.93. The van der Waals surface area contributed by atoms with Gasteiger partial charge < -0.3 is 5.11 Å². The van der Waals surface area contributed by atoms with Crippen LogP contribution in [0.1, 0.15) is 20.3 Å². The van der Waals surface area contributed by atoms with E-state index in [1.54, 1.807) is 6.92 Å². The average Bonchev–Trinajstić information content (AvgIpc) is 1.98. The maximum absolute atomic E-state index is 11.3. The van der Waals surface area contributed by atoms with Gasteiger partial charge in [0.25, 0.3) is 0 Å². The highest BCUT2D eigenvalue weighted by molar-refractivity contribution is 6.01. The zero-order valence-corrected chi connectivity index (χ0v) is 7.29. The Balaban J connectivity index is 2.50. The van der Waals surface area contributed by atoms with Crippen molar-refractivity contribution in [2.24, 2.45) is 5.41 Å². The summed E-state index contributed by atoms with van der Waals surface area (Å²) in [6.45, 7) is 3.85. The molecule has 0 aromatic heterocycles. The standard InChI is InChI=1S/C10H12O2/c1-6-7-3-4-10(7,2)5-8(11)9(6)12/h3-4,8,11H,5H2,1-2H3. The van der Waals surface area contributed by atoms with Crippen LogP contribution in [-0.2, 0) is 4.79 Å². The number of fused-ring (bicyclic) bond motifs is 1. The number of hydrogen-bond acceptors (Lipinski definition) is 2. The summed E-state index contributed by atoms with van der Waals surface area (Å²) in [5.74, 6) is -0.105. The van der Waals surface area contributed by atoms with E-state index in [2.05, 4.69) is 13.0 Å². The van der Waals surface area contributed by atoms with Gasteiger partial charge in [-0.1, -0.05) is 19.1 Å². The number of carbonyl (C=O) groups is 1. The third kappa shape index (κ3) is 0.758. The van der Waals surface area contributed by atoms with Gasteiger partial charge in [-0.05, 0) is 24.5 Å². The summed E-state index contributed by atoms with van der Waals surface area (Å²) in [4.78, 5) is 11.3. The first-order chi connectivity index (χ1) is 5.54. The van der Waals surface area contributed by atoms with Gasteiger partial charge in [0.1, 0.15) is 6.10 Å². The van der Waals surface area contributed by atoms with E-state index in [0.29, 0.717) is 6.42 Å². The number of aliphatic hydroxyl groups is 1. The second kappa shape index (κ2) is 2.07. The predicted octanol–water partition coefficient (Wildman–Crippen LogP) is 1.21. The fourth-order valence-electron chi connectivity index (χ4n) is 2.06. The second-order valence-corrected chi connectivity index (χ2v) is 3.87. The van der Waals surface area contributed by atoms with Crippen molar-refractivity contribution in [3.8, 4) is 0 Å². The molecule has 2 atom stereocenters. The fourth-order valence-corrected chi connectivity index (χ4v) is 2.06. The van der Waals surface area contributed by atoms with Crippen LogP contribution in [0, 0.1) is 5.41 Å². The predicted molar refractivity (Wildman–Crippen MR) is 45.6 cm³/mol. The van der Waals surface area contributed by atoms with Gasteiger partial charge in [-0.25, -0.2) is 0 Å². The summed E-state index contributed by atoms with van der Waals surface area (Å²) in [6, 6.07) is 0. The van der Waals surface area contributed by atoms with Crippen molar-refractivity contribution in [2.75, 3.05) is 0 Å². The highest BCUT2D eigenvalue weighted by Gasteiger charge is 2.42. The van der Waals surface area contributed by atoms with E-state index < -0.39 is 6.10 Å². The van der Waals surface area contributed by atoms with Gasteiger partial charge in [-0.2, -0.15) is 0 Å². The topological polar surface area (TPSA) is 37.3 Å². The van der Waals surface area contributed by atoms with Gasteiger partial charge in [0.15, 0.2) is 5.78 Å². The third-order valence-electron chi connectivity index (χ3n) is 2.93. The van der Waals surface area contributed by atoms with Gasteiger partial charge in [0, 0.05) is 5.41 Å². The molecule has 0 aliphatic heterocycles. The Kier molecular flexibility index (Phi) is 1.34. The first kappa shape index (κ1) is 7.74. The fraction of sp³-hybridized carbons (Fsp3) is 0.500. The molecule has 0 aromatic carbocycles. The average molecular weight is 164 g/mol. The van der Waals surface area contributed by atoms with E-state index in [0.717, 1.165) is 11.1 Å². The minimum atomic E-state index is -0.788. The van der Waals surface area contributed by atoms with Gasteiger partial charge in [-0.3, -0.25) is 4.79 Å². The minimum absolute atomic E-state index is 0.0303. The SMILES string of the molecule is CC1=C2C=CC2(C)CC(O)C1=O. The Labute approximate surface area is 71.6 Å². The van der Waals surface area contributed by atoms with Crippen LogP contribution in [0.4, 0.5) is 0 Å². The lowest BCUT2D eigenvalue weighted by atomic mass is 9.63. The molecule has 1 N–H and O–H groups in total. The Bertz CT molecular complexity index is 312. The molecule has 0 aromatic rings. The lowest BCUT2D eigenvalue weighted by Crippen LogP contribution is -2.39. The number of rotatable bonds is 0. The molecule has 2 aliphatic rings. The molecule has 0 radical (unpaired) electrons. The molecular weight excluding hydrogens is 152 g/mol. The van der Waals surface area contributed by atoms with E-state index in [-0.39, 0.29) is 11.2 Å². The van der Waals surface area contributed by atoms with Crippen molar-refractivity contribution in [1.82, 2.24) is 0 Å². The van der Waals surface area contributed by atoms with Crippen LogP contribution in [0.5, 0.6) is 0 Å². The van der Waals surface area contributed by atoms with Crippen molar-refractivity contribution in [3.05, 3.63) is 23.3 Å². The number of hydrogen-bond donors (Lipinski definition) is 1. The first-order valence-corrected chi connectivity index (χ1v) is 4.17. The number of ketones is 1. The molecule has 0 heterocycles. The van der Waals surface area contributed by atoms with Gasteiger partial charge in [0.2, 0.25) is 0 Å². The van der Waals surface area contributed by atoms with Crippen molar-refractivity contribution < 1.29 is 9.90 Å². The number of allylic oxidation sites excluding steroid dienone is 3. The number of Topliss-reactive ketones (excluding diaryl/α,β-unsaturated/α-hetero) is 1. The Hall–Kier alpha value is -0.890. The maximum Gasteiger partial charge on any atom is 0.187 e. The molecule has 64 valence electrons. The smallest absolute Gasteiger partial charge is 0.187 e. The van der Waals surface area contributed by atoms with Crippen LogP contribution in [-0.4, -0.2) is 17.0 Å². The summed E-state index contributed by atoms with van der Waals surface area (Å²) in [7, 11) is 0. The molecule has 0 amide bonds.